The lowest BCUT2D eigenvalue weighted by Crippen LogP contribution is -2.32. The molecule has 0 saturated carbocycles. The molecule has 1 rings (SSSR count). The Kier molecular flexibility index (Phi) is 7.50. The third kappa shape index (κ3) is 4.79. The van der Waals surface area contributed by atoms with Crippen LogP contribution in [0.4, 0.5) is 0 Å². The molecule has 0 heterocycles. The fourth-order valence-corrected chi connectivity index (χ4v) is 3.56. The number of hydrogen-bond acceptors (Lipinski definition) is 4. The summed E-state index contributed by atoms with van der Waals surface area (Å²) in [5.41, 5.74) is 0.352. The molecule has 7 heteroatoms. The van der Waals surface area contributed by atoms with Crippen molar-refractivity contribution >= 4 is 15.9 Å². The molecule has 0 spiro atoms. The molecule has 1 aromatic rings. The van der Waals surface area contributed by atoms with Gasteiger partial charge >= 0.3 is 0 Å². The van der Waals surface area contributed by atoms with E-state index < -0.39 is 10.0 Å². The summed E-state index contributed by atoms with van der Waals surface area (Å²) in [6, 6.07) is 6.15. The van der Waals surface area contributed by atoms with Crippen molar-refractivity contribution in [2.24, 2.45) is 0 Å². The van der Waals surface area contributed by atoms with Crippen LogP contribution < -0.4 is 10.6 Å². The molecule has 0 aliphatic heterocycles. The number of amides is 1. The van der Waals surface area contributed by atoms with Crippen molar-refractivity contribution in [2.75, 3.05) is 32.7 Å². The summed E-state index contributed by atoms with van der Waals surface area (Å²) in [7, 11) is -3.55. The van der Waals surface area contributed by atoms with Crippen molar-refractivity contribution in [1.82, 2.24) is 14.9 Å². The molecule has 0 aliphatic carbocycles. The van der Waals surface area contributed by atoms with Gasteiger partial charge in [-0.15, -0.1) is 0 Å². The Balaban J connectivity index is 2.88. The van der Waals surface area contributed by atoms with Gasteiger partial charge in [0.2, 0.25) is 10.0 Å². The Morgan fingerprint density at radius 2 is 1.82 bits per heavy atom. The predicted molar refractivity (Wildman–Crippen MR) is 87.4 cm³/mol. The van der Waals surface area contributed by atoms with Gasteiger partial charge in [0.05, 0.1) is 4.90 Å². The van der Waals surface area contributed by atoms with Gasteiger partial charge in [-0.1, -0.05) is 26.8 Å². The van der Waals surface area contributed by atoms with E-state index in [4.69, 9.17) is 0 Å². The second kappa shape index (κ2) is 8.87. The maximum absolute atomic E-state index is 12.5. The SMILES string of the molecule is CCNCCNC(=O)c1cccc(S(=O)(=O)N(CC)CC)c1. The van der Waals surface area contributed by atoms with Crippen molar-refractivity contribution in [3.05, 3.63) is 29.8 Å². The van der Waals surface area contributed by atoms with Crippen LogP contribution in [0, 0.1) is 0 Å². The van der Waals surface area contributed by atoms with Gasteiger partial charge in [-0.05, 0) is 24.7 Å². The van der Waals surface area contributed by atoms with E-state index in [2.05, 4.69) is 10.6 Å². The van der Waals surface area contributed by atoms with Crippen LogP contribution in [0.15, 0.2) is 29.2 Å². The highest BCUT2D eigenvalue weighted by Gasteiger charge is 2.22. The number of rotatable bonds is 9. The maximum Gasteiger partial charge on any atom is 0.251 e. The van der Waals surface area contributed by atoms with E-state index in [-0.39, 0.29) is 10.8 Å². The Labute approximate surface area is 132 Å². The summed E-state index contributed by atoms with van der Waals surface area (Å²) in [4.78, 5) is 12.2. The molecule has 1 amide bonds. The van der Waals surface area contributed by atoms with Gasteiger partial charge in [-0.25, -0.2) is 8.42 Å². The van der Waals surface area contributed by atoms with Crippen molar-refractivity contribution < 1.29 is 13.2 Å². The van der Waals surface area contributed by atoms with Gasteiger partial charge in [0.25, 0.3) is 5.91 Å². The quantitative estimate of drug-likeness (QED) is 0.665. The van der Waals surface area contributed by atoms with Gasteiger partial charge in [-0.3, -0.25) is 4.79 Å². The first kappa shape index (κ1) is 18.6. The Hall–Kier alpha value is -1.44. The number of benzene rings is 1. The normalized spacial score (nSPS) is 11.6. The third-order valence-electron chi connectivity index (χ3n) is 3.28. The van der Waals surface area contributed by atoms with Crippen molar-refractivity contribution in [3.8, 4) is 0 Å². The largest absolute Gasteiger partial charge is 0.351 e. The van der Waals surface area contributed by atoms with Crippen molar-refractivity contribution in [2.45, 2.75) is 25.7 Å². The highest BCUT2D eigenvalue weighted by Crippen LogP contribution is 2.16. The monoisotopic (exact) mass is 327 g/mol. The van der Waals surface area contributed by atoms with E-state index in [1.165, 1.54) is 16.4 Å². The van der Waals surface area contributed by atoms with E-state index in [1.807, 2.05) is 6.92 Å². The Morgan fingerprint density at radius 3 is 2.41 bits per heavy atom. The molecule has 0 radical (unpaired) electrons. The van der Waals surface area contributed by atoms with Crippen molar-refractivity contribution in [3.63, 3.8) is 0 Å². The highest BCUT2D eigenvalue weighted by atomic mass is 32.2. The number of hydrogen-bond donors (Lipinski definition) is 2. The molecule has 124 valence electrons. The Bertz CT molecular complexity index is 583. The molecule has 2 N–H and O–H groups in total. The van der Waals surface area contributed by atoms with Crippen LogP contribution in [0.3, 0.4) is 0 Å². The van der Waals surface area contributed by atoms with Gasteiger partial charge in [0, 0.05) is 31.7 Å². The summed E-state index contributed by atoms with van der Waals surface area (Å²) >= 11 is 0. The summed E-state index contributed by atoms with van der Waals surface area (Å²) in [5, 5.41) is 5.86. The van der Waals surface area contributed by atoms with Gasteiger partial charge in [0.15, 0.2) is 0 Å². The number of carbonyl (C=O) groups is 1. The first-order valence-corrected chi connectivity index (χ1v) is 9.00. The molecular weight excluding hydrogens is 302 g/mol. The predicted octanol–water partition coefficient (Wildman–Crippen LogP) is 1.06. The molecule has 0 aliphatic rings. The first-order valence-electron chi connectivity index (χ1n) is 7.56. The lowest BCUT2D eigenvalue weighted by molar-refractivity contribution is 0.0953. The summed E-state index contributed by atoms with van der Waals surface area (Å²) < 4.78 is 26.3. The van der Waals surface area contributed by atoms with Gasteiger partial charge < -0.3 is 10.6 Å². The molecule has 1 aromatic carbocycles. The molecular formula is C15H25N3O3S. The fourth-order valence-electron chi connectivity index (χ4n) is 2.05. The maximum atomic E-state index is 12.5. The minimum Gasteiger partial charge on any atom is -0.351 e. The van der Waals surface area contributed by atoms with E-state index in [9.17, 15) is 13.2 Å². The zero-order valence-corrected chi connectivity index (χ0v) is 14.2. The average Bonchev–Trinajstić information content (AvgIpc) is 2.52. The lowest BCUT2D eigenvalue weighted by Gasteiger charge is -2.18. The number of nitrogens with one attached hydrogen (secondary N) is 2. The molecule has 6 nitrogen and oxygen atoms in total. The van der Waals surface area contributed by atoms with Crippen LogP contribution in [0.1, 0.15) is 31.1 Å². The van der Waals surface area contributed by atoms with E-state index in [1.54, 1.807) is 26.0 Å². The van der Waals surface area contributed by atoms with E-state index >= 15 is 0 Å². The molecule has 0 unspecified atom stereocenters. The third-order valence-corrected chi connectivity index (χ3v) is 5.32. The second-order valence-corrected chi connectivity index (χ2v) is 6.66. The van der Waals surface area contributed by atoms with Gasteiger partial charge in [0.1, 0.15) is 0 Å². The molecule has 0 bridgehead atoms. The lowest BCUT2D eigenvalue weighted by atomic mass is 10.2. The average molecular weight is 327 g/mol. The van der Waals surface area contributed by atoms with Crippen molar-refractivity contribution in [1.29, 1.82) is 0 Å². The minimum atomic E-state index is -3.55. The smallest absolute Gasteiger partial charge is 0.251 e. The first-order chi connectivity index (χ1) is 10.5. The molecule has 22 heavy (non-hydrogen) atoms. The van der Waals surface area contributed by atoms with E-state index in [0.29, 0.717) is 31.7 Å². The number of sulfonamides is 1. The Morgan fingerprint density at radius 1 is 1.14 bits per heavy atom. The van der Waals surface area contributed by atoms with Gasteiger partial charge in [-0.2, -0.15) is 4.31 Å². The minimum absolute atomic E-state index is 0.149. The van der Waals surface area contributed by atoms with Crippen LogP contribution in [0.25, 0.3) is 0 Å². The molecule has 0 atom stereocenters. The van der Waals surface area contributed by atoms with Crippen LogP contribution in [0.2, 0.25) is 0 Å². The standard InChI is InChI=1S/C15H25N3O3S/c1-4-16-10-11-17-15(19)13-8-7-9-14(12-13)22(20,21)18(5-2)6-3/h7-9,12,16H,4-6,10-11H2,1-3H3,(H,17,19). The molecule has 0 aromatic heterocycles. The van der Waals surface area contributed by atoms with Crippen LogP contribution in [0.5, 0.6) is 0 Å². The summed E-state index contributed by atoms with van der Waals surface area (Å²) in [6.45, 7) is 8.39. The highest BCUT2D eigenvalue weighted by molar-refractivity contribution is 7.89. The number of likely N-dealkylation sites (N-methyl/N-ethyl adjacent to an activating group) is 1. The number of carbonyl (C=O) groups excluding carboxylic acids is 1. The molecule has 0 saturated heterocycles. The zero-order chi connectivity index (χ0) is 16.6. The topological polar surface area (TPSA) is 78.5 Å². The summed E-state index contributed by atoms with van der Waals surface area (Å²) in [6.07, 6.45) is 0. The zero-order valence-electron chi connectivity index (χ0n) is 13.4. The fraction of sp³-hybridized carbons (Fsp3) is 0.533. The van der Waals surface area contributed by atoms with Crippen LogP contribution in [-0.4, -0.2) is 51.4 Å². The summed E-state index contributed by atoms with van der Waals surface area (Å²) in [5.74, 6) is -0.269. The van der Waals surface area contributed by atoms with Crippen LogP contribution >= 0.6 is 0 Å². The second-order valence-electron chi connectivity index (χ2n) is 4.73. The van der Waals surface area contributed by atoms with Crippen LogP contribution in [-0.2, 0) is 10.0 Å². The van der Waals surface area contributed by atoms with E-state index in [0.717, 1.165) is 6.54 Å². The molecule has 0 fully saturated rings. The number of nitrogens with zero attached hydrogens (tertiary/aromatic N) is 1.